The Morgan fingerprint density at radius 2 is 0.651 bits per heavy atom. The number of ketones is 1. The number of hydrogen-bond donors (Lipinski definition) is 1. The van der Waals surface area contributed by atoms with Crippen molar-refractivity contribution in [1.29, 1.82) is 0 Å². The van der Waals surface area contributed by atoms with Crippen molar-refractivity contribution in [1.82, 2.24) is 0 Å². The predicted molar refractivity (Wildman–Crippen MR) is 270 cm³/mol. The van der Waals surface area contributed by atoms with E-state index in [1.165, 1.54) is 70.6 Å². The molecule has 0 aromatic heterocycles. The lowest BCUT2D eigenvalue weighted by molar-refractivity contribution is -0.175. The maximum Gasteiger partial charge on any atom is 0.306 e. The highest BCUT2D eigenvalue weighted by Crippen LogP contribution is 2.17. The molecular formula is C57H96O6. The van der Waals surface area contributed by atoms with Crippen LogP contribution < -0.4 is 0 Å². The highest BCUT2D eigenvalue weighted by atomic mass is 16.6. The normalized spacial score (nSPS) is 13.3. The van der Waals surface area contributed by atoms with Crippen molar-refractivity contribution in [2.45, 2.75) is 251 Å². The topological polar surface area (TPSA) is 89.9 Å². The molecule has 2 atom stereocenters. The van der Waals surface area contributed by atoms with Gasteiger partial charge in [-0.05, 0) is 122 Å². The fraction of sp³-hybridized carbons (Fsp3) is 0.702. The summed E-state index contributed by atoms with van der Waals surface area (Å²) >= 11 is 0. The molecule has 0 aromatic rings. The summed E-state index contributed by atoms with van der Waals surface area (Å²) in [4.78, 5) is 39.4. The first-order chi connectivity index (χ1) is 31.0. The van der Waals surface area contributed by atoms with E-state index in [-0.39, 0.29) is 25.0 Å². The highest BCUT2D eigenvalue weighted by molar-refractivity contribution is 5.86. The van der Waals surface area contributed by atoms with Crippen LogP contribution in [0.4, 0.5) is 0 Å². The zero-order chi connectivity index (χ0) is 45.9. The molecule has 0 spiro atoms. The molecular weight excluding hydrogens is 781 g/mol. The molecule has 0 rings (SSSR count). The van der Waals surface area contributed by atoms with Gasteiger partial charge in [0.1, 0.15) is 0 Å². The monoisotopic (exact) mass is 877 g/mol. The largest absolute Gasteiger partial charge is 0.455 e. The summed E-state index contributed by atoms with van der Waals surface area (Å²) in [5.41, 5.74) is 0. The van der Waals surface area contributed by atoms with Crippen LogP contribution in [0.15, 0.2) is 85.1 Å². The van der Waals surface area contributed by atoms with E-state index in [2.05, 4.69) is 106 Å². The lowest BCUT2D eigenvalue weighted by Crippen LogP contribution is -2.43. The van der Waals surface area contributed by atoms with E-state index in [1.54, 1.807) is 0 Å². The van der Waals surface area contributed by atoms with Gasteiger partial charge >= 0.3 is 11.9 Å². The van der Waals surface area contributed by atoms with Crippen LogP contribution in [-0.2, 0) is 23.9 Å². The number of Topliss-reactive ketones (excluding diaryl/α,β-unsaturated/α-hetero) is 1. The summed E-state index contributed by atoms with van der Waals surface area (Å²) in [6.07, 6.45) is 62.3. The number of carbonyl (C=O) groups excluding carboxylic acids is 3. The average Bonchev–Trinajstić information content (AvgIpc) is 3.28. The SMILES string of the molecule is CCCCCC=CCC=CCC=CCCCCC(=O)C(OC(=O)CCCCCCCC=CCC=CCCCCC)C(CO)OC(=O)CCCCCCCC=CCC=CCCCCC. The predicted octanol–water partition coefficient (Wildman–Crippen LogP) is 16.6. The van der Waals surface area contributed by atoms with E-state index in [0.29, 0.717) is 19.3 Å². The van der Waals surface area contributed by atoms with Crippen molar-refractivity contribution in [3.63, 3.8) is 0 Å². The number of unbranched alkanes of at least 4 members (excludes halogenated alkanes) is 21. The molecule has 0 fully saturated rings. The first-order valence-electron chi connectivity index (χ1n) is 26.1. The molecule has 0 saturated heterocycles. The van der Waals surface area contributed by atoms with Crippen molar-refractivity contribution in [2.24, 2.45) is 0 Å². The second-order valence-electron chi connectivity index (χ2n) is 17.2. The number of hydrogen-bond acceptors (Lipinski definition) is 6. The Kier molecular flexibility index (Phi) is 47.2. The Labute approximate surface area is 388 Å². The van der Waals surface area contributed by atoms with Gasteiger partial charge in [-0.2, -0.15) is 0 Å². The molecule has 6 heteroatoms. The first kappa shape index (κ1) is 59.8. The molecule has 0 amide bonds. The van der Waals surface area contributed by atoms with Crippen LogP contribution in [-0.4, -0.2) is 41.6 Å². The number of carbonyl (C=O) groups is 3. The summed E-state index contributed by atoms with van der Waals surface area (Å²) in [6.45, 7) is 6.11. The number of ether oxygens (including phenoxy) is 2. The number of rotatable bonds is 46. The van der Waals surface area contributed by atoms with Gasteiger partial charge in [0.15, 0.2) is 18.0 Å². The van der Waals surface area contributed by atoms with E-state index in [1.807, 2.05) is 0 Å². The van der Waals surface area contributed by atoms with Crippen molar-refractivity contribution >= 4 is 17.7 Å². The second kappa shape index (κ2) is 49.8. The fourth-order valence-corrected chi connectivity index (χ4v) is 7.13. The molecule has 0 bridgehead atoms. The van der Waals surface area contributed by atoms with Crippen LogP contribution in [0, 0.1) is 0 Å². The van der Waals surface area contributed by atoms with E-state index in [9.17, 15) is 19.5 Å². The summed E-state index contributed by atoms with van der Waals surface area (Å²) in [6, 6.07) is 0. The minimum absolute atomic E-state index is 0.193. The van der Waals surface area contributed by atoms with E-state index >= 15 is 0 Å². The van der Waals surface area contributed by atoms with Gasteiger partial charge < -0.3 is 14.6 Å². The van der Waals surface area contributed by atoms with Crippen LogP contribution in [0.3, 0.4) is 0 Å². The molecule has 6 nitrogen and oxygen atoms in total. The summed E-state index contributed by atoms with van der Waals surface area (Å²) in [5.74, 6) is -1.25. The molecule has 0 aliphatic rings. The van der Waals surface area contributed by atoms with Gasteiger partial charge in [0.25, 0.3) is 0 Å². The van der Waals surface area contributed by atoms with Gasteiger partial charge in [0.05, 0.1) is 6.61 Å². The van der Waals surface area contributed by atoms with Crippen LogP contribution >= 0.6 is 0 Å². The van der Waals surface area contributed by atoms with Gasteiger partial charge in [0, 0.05) is 19.3 Å². The number of aliphatic hydroxyl groups is 1. The lowest BCUT2D eigenvalue weighted by atomic mass is 10.0. The van der Waals surface area contributed by atoms with Crippen LogP contribution in [0.2, 0.25) is 0 Å². The zero-order valence-electron chi connectivity index (χ0n) is 41.0. The van der Waals surface area contributed by atoms with Crippen LogP contribution in [0.25, 0.3) is 0 Å². The van der Waals surface area contributed by atoms with Gasteiger partial charge in [-0.15, -0.1) is 0 Å². The van der Waals surface area contributed by atoms with Gasteiger partial charge in [-0.25, -0.2) is 0 Å². The molecule has 360 valence electrons. The standard InChI is InChI=1S/C57H96O6/c1-4-7-10-13-16-19-22-25-28-31-34-37-40-43-46-49-53(59)57(63-56(61)51-48-45-42-39-36-33-30-27-24-21-18-15-12-9-6-3)54(52-58)62-55(60)50-47-44-41-38-35-32-29-26-23-20-17-14-11-8-5-2/h16-21,25-30,34,37,54,57-58H,4-15,22-24,31-33,35-36,38-52H2,1-3H3. The molecule has 0 saturated carbocycles. The van der Waals surface area contributed by atoms with Gasteiger partial charge in [-0.3, -0.25) is 14.4 Å². The second-order valence-corrected chi connectivity index (χ2v) is 17.2. The third-order valence-electron chi connectivity index (χ3n) is 11.1. The van der Waals surface area contributed by atoms with Crippen LogP contribution in [0.1, 0.15) is 239 Å². The average molecular weight is 877 g/mol. The Balaban J connectivity index is 4.79. The third kappa shape index (κ3) is 43.8. The van der Waals surface area contributed by atoms with E-state index in [4.69, 9.17) is 9.47 Å². The Morgan fingerprint density at radius 3 is 1.02 bits per heavy atom. The van der Waals surface area contributed by atoms with E-state index < -0.39 is 30.8 Å². The summed E-state index contributed by atoms with van der Waals surface area (Å²) in [7, 11) is 0. The molecule has 0 aromatic carbocycles. The van der Waals surface area contributed by atoms with Crippen molar-refractivity contribution < 1.29 is 29.0 Å². The number of allylic oxidation sites excluding steroid dienone is 14. The van der Waals surface area contributed by atoms with Crippen molar-refractivity contribution in [3.05, 3.63) is 85.1 Å². The van der Waals surface area contributed by atoms with Crippen LogP contribution in [0.5, 0.6) is 0 Å². The fourth-order valence-electron chi connectivity index (χ4n) is 7.13. The smallest absolute Gasteiger partial charge is 0.306 e. The molecule has 0 radical (unpaired) electrons. The van der Waals surface area contributed by atoms with E-state index in [0.717, 1.165) is 109 Å². The summed E-state index contributed by atoms with van der Waals surface area (Å²) < 4.78 is 11.3. The number of aliphatic hydroxyl groups excluding tert-OH is 1. The first-order valence-corrected chi connectivity index (χ1v) is 26.1. The summed E-state index contributed by atoms with van der Waals surface area (Å²) in [5, 5.41) is 10.3. The van der Waals surface area contributed by atoms with Crippen molar-refractivity contribution in [2.75, 3.05) is 6.61 Å². The Morgan fingerprint density at radius 1 is 0.365 bits per heavy atom. The Hall–Kier alpha value is -3.25. The maximum absolute atomic E-state index is 13.5. The molecule has 0 aliphatic heterocycles. The minimum Gasteiger partial charge on any atom is -0.455 e. The molecule has 63 heavy (non-hydrogen) atoms. The Bertz CT molecular complexity index is 1250. The van der Waals surface area contributed by atoms with Gasteiger partial charge in [-0.1, -0.05) is 183 Å². The lowest BCUT2D eigenvalue weighted by Gasteiger charge is -2.25. The quantitative estimate of drug-likeness (QED) is 0.0372. The van der Waals surface area contributed by atoms with Gasteiger partial charge in [0.2, 0.25) is 0 Å². The molecule has 0 heterocycles. The maximum atomic E-state index is 13.5. The number of esters is 2. The zero-order valence-corrected chi connectivity index (χ0v) is 41.0. The minimum atomic E-state index is -1.30. The van der Waals surface area contributed by atoms with Crippen molar-refractivity contribution in [3.8, 4) is 0 Å². The molecule has 1 N–H and O–H groups in total. The highest BCUT2D eigenvalue weighted by Gasteiger charge is 2.34. The molecule has 2 unspecified atom stereocenters. The third-order valence-corrected chi connectivity index (χ3v) is 11.1. The molecule has 0 aliphatic carbocycles.